The van der Waals surface area contributed by atoms with E-state index in [9.17, 15) is 0 Å². The number of benzene rings is 1. The van der Waals surface area contributed by atoms with E-state index < -0.39 is 0 Å². The van der Waals surface area contributed by atoms with Gasteiger partial charge in [0, 0.05) is 10.6 Å². The van der Waals surface area contributed by atoms with Gasteiger partial charge < -0.3 is 5.73 Å². The Labute approximate surface area is 87.5 Å². The average Bonchev–Trinajstić information content (AvgIpc) is 2.70. The van der Waals surface area contributed by atoms with Gasteiger partial charge >= 0.3 is 0 Å². The number of rotatable bonds is 2. The van der Waals surface area contributed by atoms with E-state index in [4.69, 9.17) is 5.73 Å². The summed E-state index contributed by atoms with van der Waals surface area (Å²) in [5, 5.41) is 2.07. The summed E-state index contributed by atoms with van der Waals surface area (Å²) < 4.78 is 0. The summed E-state index contributed by atoms with van der Waals surface area (Å²) in [7, 11) is 0. The summed E-state index contributed by atoms with van der Waals surface area (Å²) in [6, 6.07) is 12.0. The maximum atomic E-state index is 5.60. The lowest BCUT2D eigenvalue weighted by Crippen LogP contribution is -1.82. The number of anilines is 1. The fourth-order valence-electron chi connectivity index (χ4n) is 1.17. The lowest BCUT2D eigenvalue weighted by atomic mass is 10.2. The van der Waals surface area contributed by atoms with E-state index in [1.165, 1.54) is 10.4 Å². The molecule has 1 heterocycles. The zero-order valence-electron chi connectivity index (χ0n) is 7.68. The molecule has 2 heteroatoms. The molecule has 0 saturated heterocycles. The molecule has 0 aliphatic heterocycles. The highest BCUT2D eigenvalue weighted by Crippen LogP contribution is 2.14. The fourth-order valence-corrected chi connectivity index (χ4v) is 1.79. The Morgan fingerprint density at radius 3 is 2.43 bits per heavy atom. The SMILES string of the molecule is Nc1ccc(C=Cc2cccs2)cc1. The zero-order chi connectivity index (χ0) is 9.80. The molecule has 0 aliphatic carbocycles. The molecule has 0 aliphatic rings. The summed E-state index contributed by atoms with van der Waals surface area (Å²) in [5.74, 6) is 0. The highest BCUT2D eigenvalue weighted by atomic mass is 32.1. The number of thiophene rings is 1. The van der Waals surface area contributed by atoms with Crippen LogP contribution in [0.1, 0.15) is 10.4 Å². The van der Waals surface area contributed by atoms with Crippen LogP contribution in [0.15, 0.2) is 41.8 Å². The van der Waals surface area contributed by atoms with Gasteiger partial charge in [0.25, 0.3) is 0 Å². The summed E-state index contributed by atoms with van der Waals surface area (Å²) >= 11 is 1.73. The van der Waals surface area contributed by atoms with Gasteiger partial charge in [0.15, 0.2) is 0 Å². The van der Waals surface area contributed by atoms with Gasteiger partial charge in [-0.15, -0.1) is 11.3 Å². The number of hydrogen-bond acceptors (Lipinski definition) is 2. The van der Waals surface area contributed by atoms with Crippen molar-refractivity contribution in [3.8, 4) is 0 Å². The zero-order valence-corrected chi connectivity index (χ0v) is 8.50. The molecule has 0 bridgehead atoms. The maximum absolute atomic E-state index is 5.60. The Balaban J connectivity index is 2.15. The van der Waals surface area contributed by atoms with E-state index in [-0.39, 0.29) is 0 Å². The van der Waals surface area contributed by atoms with Crippen molar-refractivity contribution in [1.82, 2.24) is 0 Å². The van der Waals surface area contributed by atoms with Gasteiger partial charge in [-0.25, -0.2) is 0 Å². The van der Waals surface area contributed by atoms with Gasteiger partial charge in [-0.2, -0.15) is 0 Å². The van der Waals surface area contributed by atoms with Crippen LogP contribution >= 0.6 is 11.3 Å². The molecule has 0 unspecified atom stereocenters. The first kappa shape index (κ1) is 9.03. The lowest BCUT2D eigenvalue weighted by Gasteiger charge is -1.93. The van der Waals surface area contributed by atoms with Crippen molar-refractivity contribution < 1.29 is 0 Å². The van der Waals surface area contributed by atoms with Crippen molar-refractivity contribution in [1.29, 1.82) is 0 Å². The van der Waals surface area contributed by atoms with Crippen LogP contribution in [0, 0.1) is 0 Å². The normalized spacial score (nSPS) is 10.9. The van der Waals surface area contributed by atoms with E-state index >= 15 is 0 Å². The van der Waals surface area contributed by atoms with E-state index in [1.54, 1.807) is 11.3 Å². The molecule has 0 atom stereocenters. The minimum absolute atomic E-state index is 0.804. The molecule has 0 radical (unpaired) electrons. The van der Waals surface area contributed by atoms with Gasteiger partial charge in [0.2, 0.25) is 0 Å². The molecule has 1 aromatic carbocycles. The van der Waals surface area contributed by atoms with Crippen molar-refractivity contribution in [3.05, 3.63) is 52.2 Å². The average molecular weight is 201 g/mol. The highest BCUT2D eigenvalue weighted by molar-refractivity contribution is 7.10. The third-order valence-electron chi connectivity index (χ3n) is 1.92. The predicted octanol–water partition coefficient (Wildman–Crippen LogP) is 3.50. The van der Waals surface area contributed by atoms with Crippen LogP contribution in [0.5, 0.6) is 0 Å². The summed E-state index contributed by atoms with van der Waals surface area (Å²) in [6.45, 7) is 0. The van der Waals surface area contributed by atoms with Crippen LogP contribution in [0.4, 0.5) is 5.69 Å². The first-order valence-electron chi connectivity index (χ1n) is 4.42. The molecule has 2 rings (SSSR count). The van der Waals surface area contributed by atoms with Crippen molar-refractivity contribution in [2.24, 2.45) is 0 Å². The van der Waals surface area contributed by atoms with Gasteiger partial charge in [-0.3, -0.25) is 0 Å². The predicted molar refractivity (Wildman–Crippen MR) is 64.1 cm³/mol. The Kier molecular flexibility index (Phi) is 2.65. The molecule has 1 nitrogen and oxygen atoms in total. The molecule has 1 aromatic heterocycles. The Bertz CT molecular complexity index is 412. The van der Waals surface area contributed by atoms with E-state index in [2.05, 4.69) is 23.6 Å². The van der Waals surface area contributed by atoms with Gasteiger partial charge in [-0.1, -0.05) is 24.3 Å². The second-order valence-electron chi connectivity index (χ2n) is 3.02. The molecule has 2 aromatic rings. The molecule has 14 heavy (non-hydrogen) atoms. The van der Waals surface area contributed by atoms with E-state index in [0.717, 1.165) is 5.69 Å². The topological polar surface area (TPSA) is 26.0 Å². The quantitative estimate of drug-likeness (QED) is 0.739. The Morgan fingerprint density at radius 2 is 1.79 bits per heavy atom. The monoisotopic (exact) mass is 201 g/mol. The number of hydrogen-bond donors (Lipinski definition) is 1. The molecule has 0 spiro atoms. The van der Waals surface area contributed by atoms with Crippen LogP contribution in [-0.4, -0.2) is 0 Å². The molecule has 2 N–H and O–H groups in total. The van der Waals surface area contributed by atoms with E-state index in [1.807, 2.05) is 30.3 Å². The van der Waals surface area contributed by atoms with Crippen LogP contribution in [0.25, 0.3) is 12.2 Å². The fraction of sp³-hybridized carbons (Fsp3) is 0. The van der Waals surface area contributed by atoms with Crippen molar-refractivity contribution in [3.63, 3.8) is 0 Å². The van der Waals surface area contributed by atoms with Crippen LogP contribution in [0.3, 0.4) is 0 Å². The molecular weight excluding hydrogens is 190 g/mol. The highest BCUT2D eigenvalue weighted by Gasteiger charge is 1.88. The molecule has 70 valence electrons. The third kappa shape index (κ3) is 2.24. The standard InChI is InChI=1S/C12H11NS/c13-11-6-3-10(4-7-11)5-8-12-2-1-9-14-12/h1-9H,13H2. The molecular formula is C12H11NS. The van der Waals surface area contributed by atoms with Gasteiger partial charge in [0.05, 0.1) is 0 Å². The Morgan fingerprint density at radius 1 is 1.00 bits per heavy atom. The van der Waals surface area contributed by atoms with Gasteiger partial charge in [-0.05, 0) is 35.2 Å². The van der Waals surface area contributed by atoms with Crippen LogP contribution in [-0.2, 0) is 0 Å². The molecule has 0 amide bonds. The Hall–Kier alpha value is -1.54. The lowest BCUT2D eigenvalue weighted by molar-refractivity contribution is 1.65. The van der Waals surface area contributed by atoms with Crippen molar-refractivity contribution in [2.75, 3.05) is 5.73 Å². The van der Waals surface area contributed by atoms with Crippen molar-refractivity contribution in [2.45, 2.75) is 0 Å². The molecule has 0 fully saturated rings. The second-order valence-corrected chi connectivity index (χ2v) is 3.99. The second kappa shape index (κ2) is 4.11. The van der Waals surface area contributed by atoms with Crippen LogP contribution < -0.4 is 5.73 Å². The largest absolute Gasteiger partial charge is 0.399 e. The minimum Gasteiger partial charge on any atom is -0.399 e. The molecule has 0 saturated carbocycles. The van der Waals surface area contributed by atoms with Crippen LogP contribution in [0.2, 0.25) is 0 Å². The first-order valence-corrected chi connectivity index (χ1v) is 5.30. The number of nitrogens with two attached hydrogens (primary N) is 1. The third-order valence-corrected chi connectivity index (χ3v) is 2.76. The van der Waals surface area contributed by atoms with Crippen molar-refractivity contribution >= 4 is 29.2 Å². The minimum atomic E-state index is 0.804. The maximum Gasteiger partial charge on any atom is 0.0314 e. The summed E-state index contributed by atoms with van der Waals surface area (Å²) in [4.78, 5) is 1.27. The smallest absolute Gasteiger partial charge is 0.0314 e. The summed E-state index contributed by atoms with van der Waals surface area (Å²) in [6.07, 6.45) is 4.20. The summed E-state index contributed by atoms with van der Waals surface area (Å²) in [5.41, 5.74) is 7.57. The number of nitrogen functional groups attached to an aromatic ring is 1. The first-order chi connectivity index (χ1) is 6.84. The van der Waals surface area contributed by atoms with Gasteiger partial charge in [0.1, 0.15) is 0 Å². The van der Waals surface area contributed by atoms with E-state index in [0.29, 0.717) is 0 Å².